The molecular weight excluding hydrogens is 384 g/mol. The van der Waals surface area contributed by atoms with Gasteiger partial charge >= 0.3 is 5.97 Å². The molecule has 0 aromatic heterocycles. The van der Waals surface area contributed by atoms with Crippen LogP contribution in [0.4, 0.5) is 5.69 Å². The maximum Gasteiger partial charge on any atom is 0.337 e. The van der Waals surface area contributed by atoms with Crippen molar-refractivity contribution in [2.75, 3.05) is 39.7 Å². The number of fused-ring (bicyclic) bond motifs is 4. The average Bonchev–Trinajstić information content (AvgIpc) is 3.28. The second-order valence-electron chi connectivity index (χ2n) is 8.11. The van der Waals surface area contributed by atoms with Gasteiger partial charge in [-0.15, -0.1) is 6.58 Å². The minimum Gasteiger partial charge on any atom is -0.504 e. The number of piperidine rings is 1. The van der Waals surface area contributed by atoms with Crippen LogP contribution in [0.5, 0.6) is 5.75 Å². The van der Waals surface area contributed by atoms with Crippen LogP contribution in [0.2, 0.25) is 0 Å². The van der Waals surface area contributed by atoms with E-state index in [9.17, 15) is 9.59 Å². The number of esters is 1. The number of rotatable bonds is 5. The van der Waals surface area contributed by atoms with Crippen LogP contribution in [0.1, 0.15) is 18.4 Å². The lowest BCUT2D eigenvalue weighted by molar-refractivity contribution is -0.137. The van der Waals surface area contributed by atoms with Crippen LogP contribution in [-0.4, -0.2) is 57.2 Å². The van der Waals surface area contributed by atoms with Crippen molar-refractivity contribution in [3.63, 3.8) is 0 Å². The monoisotopic (exact) mass is 412 g/mol. The van der Waals surface area contributed by atoms with Gasteiger partial charge in [0.15, 0.2) is 0 Å². The number of hydrogen-bond acceptors (Lipinski definition) is 6. The van der Waals surface area contributed by atoms with E-state index < -0.39 is 11.4 Å². The molecule has 3 aliphatic heterocycles. The third-order valence-electron chi connectivity index (χ3n) is 6.96. The molecule has 1 aromatic carbocycles. The molecule has 160 valence electrons. The van der Waals surface area contributed by atoms with Crippen molar-refractivity contribution in [2.24, 2.45) is 11.8 Å². The number of carbonyl (C=O) groups is 2. The van der Waals surface area contributed by atoms with Gasteiger partial charge in [-0.05, 0) is 37.4 Å². The third kappa shape index (κ3) is 2.83. The summed E-state index contributed by atoms with van der Waals surface area (Å²) in [5.74, 6) is 0.204. The highest BCUT2D eigenvalue weighted by atomic mass is 16.5. The van der Waals surface area contributed by atoms with Gasteiger partial charge in [0.25, 0.3) is 0 Å². The number of ether oxygens (including phenoxy) is 3. The highest BCUT2D eigenvalue weighted by molar-refractivity contribution is 6.08. The molecular formula is C23H28N2O5. The second-order valence-corrected chi connectivity index (χ2v) is 8.11. The van der Waals surface area contributed by atoms with E-state index in [1.54, 1.807) is 7.11 Å². The van der Waals surface area contributed by atoms with Gasteiger partial charge in [0.1, 0.15) is 5.75 Å². The van der Waals surface area contributed by atoms with Gasteiger partial charge < -0.3 is 19.5 Å². The molecule has 7 heteroatoms. The first-order chi connectivity index (χ1) is 14.5. The van der Waals surface area contributed by atoms with Crippen LogP contribution in [-0.2, 0) is 24.5 Å². The Labute approximate surface area is 176 Å². The number of carbonyl (C=O) groups excluding carboxylic acids is 2. The van der Waals surface area contributed by atoms with Gasteiger partial charge in [-0.2, -0.15) is 0 Å². The summed E-state index contributed by atoms with van der Waals surface area (Å²) < 4.78 is 15.9. The van der Waals surface area contributed by atoms with Crippen LogP contribution >= 0.6 is 0 Å². The maximum atomic E-state index is 13.4. The van der Waals surface area contributed by atoms with E-state index in [2.05, 4.69) is 16.8 Å². The van der Waals surface area contributed by atoms with Crippen molar-refractivity contribution < 1.29 is 23.8 Å². The zero-order valence-electron chi connectivity index (χ0n) is 17.6. The summed E-state index contributed by atoms with van der Waals surface area (Å²) in [7, 11) is 4.52. The van der Waals surface area contributed by atoms with Crippen LogP contribution in [0.3, 0.4) is 0 Å². The minimum atomic E-state index is -0.708. The van der Waals surface area contributed by atoms with Gasteiger partial charge in [0.05, 0.1) is 38.6 Å². The van der Waals surface area contributed by atoms with Gasteiger partial charge in [0, 0.05) is 29.8 Å². The molecule has 3 heterocycles. The molecule has 30 heavy (non-hydrogen) atoms. The lowest BCUT2D eigenvalue weighted by atomic mass is 9.67. The highest BCUT2D eigenvalue weighted by Gasteiger charge is 2.61. The first-order valence-electron chi connectivity index (χ1n) is 10.2. The normalized spacial score (nSPS) is 30.4. The Morgan fingerprint density at radius 1 is 1.33 bits per heavy atom. The van der Waals surface area contributed by atoms with E-state index in [0.29, 0.717) is 18.4 Å². The molecule has 4 unspecified atom stereocenters. The Balaban J connectivity index is 1.79. The average molecular weight is 412 g/mol. The first kappa shape index (κ1) is 20.5. The third-order valence-corrected chi connectivity index (χ3v) is 6.96. The largest absolute Gasteiger partial charge is 0.504 e. The molecule has 3 aliphatic rings. The molecule has 4 rings (SSSR count). The Kier molecular flexibility index (Phi) is 5.32. The summed E-state index contributed by atoms with van der Waals surface area (Å²) in [4.78, 5) is 28.2. The predicted octanol–water partition coefficient (Wildman–Crippen LogP) is 2.48. The highest BCUT2D eigenvalue weighted by Crippen LogP contribution is 2.55. The van der Waals surface area contributed by atoms with Gasteiger partial charge in [-0.25, -0.2) is 4.79 Å². The van der Waals surface area contributed by atoms with Crippen LogP contribution in [0.25, 0.3) is 0 Å². The summed E-state index contributed by atoms with van der Waals surface area (Å²) >= 11 is 0. The van der Waals surface area contributed by atoms with E-state index >= 15 is 0 Å². The van der Waals surface area contributed by atoms with Crippen molar-refractivity contribution in [3.8, 4) is 5.75 Å². The fraction of sp³-hybridized carbons (Fsp3) is 0.478. The summed E-state index contributed by atoms with van der Waals surface area (Å²) in [6.45, 7) is 5.52. The number of benzene rings is 1. The van der Waals surface area contributed by atoms with Crippen molar-refractivity contribution in [3.05, 3.63) is 48.3 Å². The van der Waals surface area contributed by atoms with E-state index in [0.717, 1.165) is 30.1 Å². The van der Waals surface area contributed by atoms with E-state index in [1.807, 2.05) is 24.3 Å². The van der Waals surface area contributed by atoms with Crippen LogP contribution < -0.4 is 10.1 Å². The molecule has 2 fully saturated rings. The van der Waals surface area contributed by atoms with E-state index in [1.165, 1.54) is 20.5 Å². The number of anilines is 1. The summed E-state index contributed by atoms with van der Waals surface area (Å²) in [6.07, 6.45) is 4.68. The van der Waals surface area contributed by atoms with Crippen molar-refractivity contribution in [1.82, 2.24) is 4.90 Å². The fourth-order valence-electron chi connectivity index (χ4n) is 5.63. The standard InChI is InChI=1S/C23H28N2O5/c1-5-14-12-25-10-9-23(19(25)11-15(14)16(13-28-2)21(26)30-4)20-17(24-22(23)27)7-6-8-18(20)29-3/h5-8,13-15,19H,1,9-12H2,2-4H3,(H,24,27). The van der Waals surface area contributed by atoms with Crippen molar-refractivity contribution in [2.45, 2.75) is 24.3 Å². The number of methoxy groups -OCH3 is 3. The molecule has 2 saturated heterocycles. The predicted molar refractivity (Wildman–Crippen MR) is 112 cm³/mol. The lowest BCUT2D eigenvalue weighted by Gasteiger charge is -2.44. The summed E-state index contributed by atoms with van der Waals surface area (Å²) in [5.41, 5.74) is 1.51. The molecule has 1 aromatic rings. The number of nitrogens with one attached hydrogen (secondary N) is 1. The first-order valence-corrected chi connectivity index (χ1v) is 10.2. The van der Waals surface area contributed by atoms with Crippen LogP contribution in [0.15, 0.2) is 42.7 Å². The van der Waals surface area contributed by atoms with Gasteiger partial charge in [-0.3, -0.25) is 9.69 Å². The summed E-state index contributed by atoms with van der Waals surface area (Å²) in [5, 5.41) is 3.07. The van der Waals surface area contributed by atoms with Gasteiger partial charge in [0.2, 0.25) is 5.91 Å². The topological polar surface area (TPSA) is 77.1 Å². The van der Waals surface area contributed by atoms with E-state index in [4.69, 9.17) is 14.2 Å². The number of hydrogen-bond donors (Lipinski definition) is 1. The van der Waals surface area contributed by atoms with Crippen molar-refractivity contribution in [1.29, 1.82) is 0 Å². The Morgan fingerprint density at radius 2 is 2.13 bits per heavy atom. The lowest BCUT2D eigenvalue weighted by Crippen LogP contribution is -2.53. The molecule has 0 aliphatic carbocycles. The Morgan fingerprint density at radius 3 is 2.80 bits per heavy atom. The smallest absolute Gasteiger partial charge is 0.337 e. The molecule has 0 radical (unpaired) electrons. The number of amides is 1. The minimum absolute atomic E-state index is 0.000595. The molecule has 1 spiro atoms. The Hall–Kier alpha value is -2.80. The molecule has 0 bridgehead atoms. The van der Waals surface area contributed by atoms with Gasteiger partial charge in [-0.1, -0.05) is 12.1 Å². The molecule has 1 amide bonds. The molecule has 4 atom stereocenters. The Bertz CT molecular complexity index is 911. The zero-order valence-corrected chi connectivity index (χ0v) is 17.6. The fourth-order valence-corrected chi connectivity index (χ4v) is 5.63. The quantitative estimate of drug-likeness (QED) is 0.347. The maximum absolute atomic E-state index is 13.4. The van der Waals surface area contributed by atoms with Crippen LogP contribution in [0, 0.1) is 11.8 Å². The molecule has 0 saturated carbocycles. The van der Waals surface area contributed by atoms with Crippen molar-refractivity contribution >= 4 is 17.6 Å². The molecule has 7 nitrogen and oxygen atoms in total. The molecule has 1 N–H and O–H groups in total. The van der Waals surface area contributed by atoms with E-state index in [-0.39, 0.29) is 23.8 Å². The zero-order chi connectivity index (χ0) is 21.5. The second kappa shape index (κ2) is 7.80. The SMILES string of the molecule is C=CC1CN2CCC3(C(=O)Nc4cccc(OC)c43)C2CC1C(=COC)C(=O)OC. The number of nitrogens with zero attached hydrogens (tertiary/aromatic N) is 1. The summed E-state index contributed by atoms with van der Waals surface area (Å²) in [6, 6.07) is 5.64.